The van der Waals surface area contributed by atoms with E-state index in [4.69, 9.17) is 16.3 Å². The molecule has 0 bridgehead atoms. The predicted molar refractivity (Wildman–Crippen MR) is 228 cm³/mol. The quantitative estimate of drug-likeness (QED) is 0.142. The van der Waals surface area contributed by atoms with Gasteiger partial charge < -0.3 is 24.4 Å². The van der Waals surface area contributed by atoms with Crippen LogP contribution in [0.1, 0.15) is 95.2 Å². The van der Waals surface area contributed by atoms with E-state index < -0.39 is 29.7 Å². The fourth-order valence-corrected chi connectivity index (χ4v) is 9.28. The molecule has 3 aliphatic heterocycles. The molecule has 3 fully saturated rings. The number of piperidine rings is 1. The highest BCUT2D eigenvalue weighted by molar-refractivity contribution is 6.32. The summed E-state index contributed by atoms with van der Waals surface area (Å²) in [5.41, 5.74) is 3.02. The minimum Gasteiger partial charge on any atom is -0.494 e. The minimum atomic E-state index is -1.01. The normalized spacial score (nSPS) is 20.7. The molecule has 8 rings (SSSR count). The number of nitrogens with one attached hydrogen (secondary N) is 2. The third kappa shape index (κ3) is 8.49. The van der Waals surface area contributed by atoms with Gasteiger partial charge in [-0.3, -0.25) is 39.1 Å². The molecule has 17 heteroatoms. The summed E-state index contributed by atoms with van der Waals surface area (Å²) in [5.74, 6) is -0.879. The van der Waals surface area contributed by atoms with Crippen LogP contribution in [0.5, 0.6) is 5.75 Å². The summed E-state index contributed by atoms with van der Waals surface area (Å²) < 4.78 is 7.91. The summed E-state index contributed by atoms with van der Waals surface area (Å²) in [6.45, 7) is 7.17. The van der Waals surface area contributed by atoms with Gasteiger partial charge in [0.1, 0.15) is 23.6 Å². The van der Waals surface area contributed by atoms with E-state index in [1.54, 1.807) is 28.8 Å². The first-order chi connectivity index (χ1) is 29.5. The summed E-state index contributed by atoms with van der Waals surface area (Å²) in [6, 6.07) is 16.1. The molecule has 5 amide bonds. The standard InChI is InChI=1S/C44H49ClN10O6/c1-3-54-36-25-31(12-13-32(36)39-40(54)44(60)55(43(39)59)35-15-17-38(56)48-42(35)58)61-23-5-4-18-52-19-21-53(22-20-52)37-16-14-34(49-50-37)41(57)47-28-7-10-29(11-8-28)51(2)30-9-6-27(26-46)33(45)24-30/h6,9,12-14,16,24-25,28-29,35H,3-5,7-8,10-11,15,17-23H2,1-2H3,(H,47,57)(H,48,56,58). The Labute approximate surface area is 358 Å². The average molecular weight is 849 g/mol. The van der Waals surface area contributed by atoms with E-state index in [9.17, 15) is 29.2 Å². The summed E-state index contributed by atoms with van der Waals surface area (Å²) in [4.78, 5) is 72.2. The van der Waals surface area contributed by atoms with Crippen LogP contribution < -0.4 is 25.2 Å². The number of nitriles is 1. The van der Waals surface area contributed by atoms with Crippen LogP contribution >= 0.6 is 11.6 Å². The lowest BCUT2D eigenvalue weighted by Gasteiger charge is -2.36. The first-order valence-electron chi connectivity index (χ1n) is 21.1. The highest BCUT2D eigenvalue weighted by Crippen LogP contribution is 2.37. The Morgan fingerprint density at radius 3 is 2.44 bits per heavy atom. The van der Waals surface area contributed by atoms with Crippen LogP contribution in [0, 0.1) is 11.3 Å². The van der Waals surface area contributed by atoms with Gasteiger partial charge in [-0.2, -0.15) is 5.26 Å². The van der Waals surface area contributed by atoms with Gasteiger partial charge in [0.25, 0.3) is 17.7 Å². The van der Waals surface area contributed by atoms with E-state index in [2.05, 4.69) is 41.6 Å². The number of amides is 5. The highest BCUT2D eigenvalue weighted by atomic mass is 35.5. The first-order valence-corrected chi connectivity index (χ1v) is 21.5. The van der Waals surface area contributed by atoms with Gasteiger partial charge in [0.05, 0.1) is 28.3 Å². The van der Waals surface area contributed by atoms with Gasteiger partial charge in [-0.05, 0) is 101 Å². The molecule has 0 radical (unpaired) electrons. The second-order valence-corrected chi connectivity index (χ2v) is 16.5. The molecule has 2 aromatic heterocycles. The van der Waals surface area contributed by atoms with Crippen molar-refractivity contribution in [1.29, 1.82) is 5.26 Å². The summed E-state index contributed by atoms with van der Waals surface area (Å²) in [6.07, 6.45) is 5.53. The molecule has 1 unspecified atom stereocenters. The molecule has 1 atom stereocenters. The molecule has 2 N–H and O–H groups in total. The number of piperazine rings is 1. The second-order valence-electron chi connectivity index (χ2n) is 16.1. The van der Waals surface area contributed by atoms with Crippen molar-refractivity contribution in [2.75, 3.05) is 56.2 Å². The van der Waals surface area contributed by atoms with Crippen molar-refractivity contribution >= 4 is 63.5 Å². The largest absolute Gasteiger partial charge is 0.494 e. The maximum absolute atomic E-state index is 13.5. The second kappa shape index (κ2) is 17.9. The molecule has 5 heterocycles. The van der Waals surface area contributed by atoms with E-state index in [1.807, 2.05) is 38.2 Å². The number of aryl methyl sites for hydroxylation is 1. The van der Waals surface area contributed by atoms with E-state index in [1.165, 1.54) is 0 Å². The van der Waals surface area contributed by atoms with Crippen LogP contribution in [0.15, 0.2) is 48.5 Å². The fourth-order valence-electron chi connectivity index (χ4n) is 9.06. The van der Waals surface area contributed by atoms with Crippen LogP contribution in [-0.2, 0) is 16.1 Å². The Morgan fingerprint density at radius 2 is 1.75 bits per heavy atom. The topological polar surface area (TPSA) is 186 Å². The van der Waals surface area contributed by atoms with Crippen molar-refractivity contribution in [3.8, 4) is 11.8 Å². The molecule has 61 heavy (non-hydrogen) atoms. The number of hydrogen-bond donors (Lipinski definition) is 2. The summed E-state index contributed by atoms with van der Waals surface area (Å²) >= 11 is 6.26. The zero-order chi connectivity index (χ0) is 42.8. The summed E-state index contributed by atoms with van der Waals surface area (Å²) in [7, 11) is 2.04. The Morgan fingerprint density at radius 1 is 0.967 bits per heavy atom. The summed E-state index contributed by atoms with van der Waals surface area (Å²) in [5, 5.41) is 24.3. The fraction of sp³-hybridized carbons (Fsp3) is 0.455. The lowest BCUT2D eigenvalue weighted by atomic mass is 9.90. The third-order valence-corrected chi connectivity index (χ3v) is 12.8. The molecule has 318 valence electrons. The molecule has 2 aromatic carbocycles. The minimum absolute atomic E-state index is 0.0661. The van der Waals surface area contributed by atoms with Gasteiger partial charge in [-0.1, -0.05) is 11.6 Å². The molecule has 1 aliphatic carbocycles. The van der Waals surface area contributed by atoms with Crippen molar-refractivity contribution in [3.05, 3.63) is 76.1 Å². The van der Waals surface area contributed by atoms with Crippen LogP contribution in [0.25, 0.3) is 10.9 Å². The number of carbonyl (C=O) groups is 5. The van der Waals surface area contributed by atoms with Crippen LogP contribution in [0.4, 0.5) is 11.5 Å². The van der Waals surface area contributed by atoms with Gasteiger partial charge in [-0.25, -0.2) is 0 Å². The Balaban J connectivity index is 0.749. The lowest BCUT2D eigenvalue weighted by molar-refractivity contribution is -0.136. The van der Waals surface area contributed by atoms with Crippen LogP contribution in [-0.4, -0.2) is 119 Å². The Hall–Kier alpha value is -6.05. The maximum Gasteiger partial charge on any atom is 0.278 e. The smallest absolute Gasteiger partial charge is 0.278 e. The van der Waals surface area contributed by atoms with Gasteiger partial charge in [0, 0.05) is 75.4 Å². The molecular formula is C44H49ClN10O6. The van der Waals surface area contributed by atoms with Crippen molar-refractivity contribution in [1.82, 2.24) is 35.2 Å². The van der Waals surface area contributed by atoms with Crippen molar-refractivity contribution in [2.45, 2.75) is 83.0 Å². The lowest BCUT2D eigenvalue weighted by Crippen LogP contribution is -2.54. The van der Waals surface area contributed by atoms with Crippen molar-refractivity contribution < 1.29 is 28.7 Å². The predicted octanol–water partition coefficient (Wildman–Crippen LogP) is 4.54. The number of hydrogen-bond acceptors (Lipinski definition) is 12. The van der Waals surface area contributed by atoms with Crippen LogP contribution in [0.2, 0.25) is 5.02 Å². The monoisotopic (exact) mass is 848 g/mol. The molecule has 1 saturated carbocycles. The third-order valence-electron chi connectivity index (χ3n) is 12.5. The van der Waals surface area contributed by atoms with Crippen LogP contribution in [0.3, 0.4) is 0 Å². The van der Waals surface area contributed by atoms with Gasteiger partial charge >= 0.3 is 0 Å². The number of anilines is 2. The zero-order valence-electron chi connectivity index (χ0n) is 34.4. The zero-order valence-corrected chi connectivity index (χ0v) is 35.1. The Bertz CT molecular complexity index is 2400. The molecule has 2 saturated heterocycles. The van der Waals surface area contributed by atoms with Crippen molar-refractivity contribution in [3.63, 3.8) is 0 Å². The highest BCUT2D eigenvalue weighted by Gasteiger charge is 2.47. The molecule has 4 aliphatic rings. The Kier molecular flexibility index (Phi) is 12.2. The number of carbonyl (C=O) groups excluding carboxylic acids is 5. The SMILES string of the molecule is CCn1c2c(c3ccc(OCCCCN4CCN(c5ccc(C(=O)NC6CCC(N(C)c7ccc(C#N)c(Cl)c7)CC6)nn5)CC4)cc31)C(=O)N(C1CCC(=O)NC1=O)C2=O. The van der Waals surface area contributed by atoms with E-state index >= 15 is 0 Å². The molecule has 16 nitrogen and oxygen atoms in total. The van der Waals surface area contributed by atoms with Gasteiger partial charge in [0.2, 0.25) is 11.8 Å². The van der Waals surface area contributed by atoms with Crippen molar-refractivity contribution in [2.24, 2.45) is 0 Å². The number of ether oxygens (including phenoxy) is 1. The number of imide groups is 2. The van der Waals surface area contributed by atoms with E-state index in [0.29, 0.717) is 46.6 Å². The number of rotatable bonds is 13. The van der Waals surface area contributed by atoms with Gasteiger partial charge in [-0.15, -0.1) is 10.2 Å². The number of unbranched alkanes of at least 4 members (excludes halogenated alkanes) is 1. The van der Waals surface area contributed by atoms with E-state index in [0.717, 1.165) is 93.2 Å². The molecular weight excluding hydrogens is 800 g/mol. The molecule has 0 spiro atoms. The molecule has 4 aromatic rings. The number of halogens is 1. The number of fused-ring (bicyclic) bond motifs is 3. The maximum atomic E-state index is 13.5. The average Bonchev–Trinajstić information content (AvgIpc) is 3.73. The van der Waals surface area contributed by atoms with Gasteiger partial charge in [0.15, 0.2) is 11.5 Å². The number of nitrogens with zero attached hydrogens (tertiary/aromatic N) is 8. The van der Waals surface area contributed by atoms with E-state index in [-0.39, 0.29) is 36.0 Å². The first kappa shape index (κ1) is 41.7. The number of benzene rings is 2. The number of aromatic nitrogens is 3.